The quantitative estimate of drug-likeness (QED) is 0.560. The minimum Gasteiger partial charge on any atom is -0.313 e. The fourth-order valence-electron chi connectivity index (χ4n) is 2.84. The van der Waals surface area contributed by atoms with Gasteiger partial charge in [0.1, 0.15) is 11.4 Å². The van der Waals surface area contributed by atoms with E-state index >= 15 is 0 Å². The molecule has 120 valence electrons. The second-order valence-corrected chi connectivity index (χ2v) is 5.56. The Morgan fingerprint density at radius 1 is 1.33 bits per heavy atom. The lowest BCUT2D eigenvalue weighted by Crippen LogP contribution is -2.35. The number of nitrogens with one attached hydrogen (secondary N) is 1. The molecular weight excluding hydrogens is 268 g/mol. The Labute approximate surface area is 127 Å². The van der Waals surface area contributed by atoms with Crippen molar-refractivity contribution in [1.82, 2.24) is 15.1 Å². The van der Waals surface area contributed by atoms with Gasteiger partial charge in [-0.3, -0.25) is 14.8 Å². The molecule has 0 fully saturated rings. The molecule has 1 N–H and O–H groups in total. The minimum absolute atomic E-state index is 0.0645. The molecule has 1 aromatic rings. The summed E-state index contributed by atoms with van der Waals surface area (Å²) in [6.45, 7) is 11.7. The lowest BCUT2D eigenvalue weighted by Gasteiger charge is -2.24. The van der Waals surface area contributed by atoms with E-state index in [1.54, 1.807) is 6.92 Å². The van der Waals surface area contributed by atoms with Crippen molar-refractivity contribution in [2.75, 3.05) is 6.54 Å². The summed E-state index contributed by atoms with van der Waals surface area (Å²) in [5.74, 6) is 0.0645. The van der Waals surface area contributed by atoms with Gasteiger partial charge in [0.25, 0.3) is 0 Å². The van der Waals surface area contributed by atoms with Crippen molar-refractivity contribution in [1.29, 1.82) is 0 Å². The maximum atomic E-state index is 11.4. The number of aryl methyl sites for hydroxylation is 2. The molecule has 1 heterocycles. The number of nitro groups is 1. The normalized spacial score (nSPS) is 14.1. The van der Waals surface area contributed by atoms with Crippen LogP contribution in [0.1, 0.15) is 64.3 Å². The number of nitrogens with zero attached hydrogens (tertiary/aromatic N) is 3. The molecular formula is C15H28N4O2. The molecule has 6 nitrogen and oxygen atoms in total. The molecule has 1 aromatic heterocycles. The highest BCUT2D eigenvalue weighted by atomic mass is 16.6. The molecule has 0 aliphatic heterocycles. The van der Waals surface area contributed by atoms with Gasteiger partial charge in [0.15, 0.2) is 0 Å². The van der Waals surface area contributed by atoms with E-state index in [1.807, 2.05) is 4.68 Å². The van der Waals surface area contributed by atoms with E-state index in [9.17, 15) is 10.1 Å². The van der Waals surface area contributed by atoms with Crippen molar-refractivity contribution in [3.8, 4) is 0 Å². The molecule has 0 radical (unpaired) electrons. The molecule has 2 unspecified atom stereocenters. The summed E-state index contributed by atoms with van der Waals surface area (Å²) in [6, 6.07) is 0.232. The fraction of sp³-hybridized carbons (Fsp3) is 0.800. The predicted octanol–water partition coefficient (Wildman–Crippen LogP) is 3.39. The monoisotopic (exact) mass is 296 g/mol. The average Bonchev–Trinajstić information content (AvgIpc) is 2.76. The van der Waals surface area contributed by atoms with E-state index in [2.05, 4.69) is 38.1 Å². The summed E-state index contributed by atoms with van der Waals surface area (Å²) < 4.78 is 1.83. The molecule has 0 bridgehead atoms. The van der Waals surface area contributed by atoms with Crippen molar-refractivity contribution in [3.63, 3.8) is 0 Å². The standard InChI is InChI=1S/C15H28N4O2/c1-6-9-16-13(8-3)11(4)14-15(19(20)21)12(5)17-18(14)10-7-2/h11,13,16H,6-10H2,1-5H3. The second kappa shape index (κ2) is 8.12. The van der Waals surface area contributed by atoms with Gasteiger partial charge in [-0.1, -0.05) is 27.7 Å². The Balaban J connectivity index is 3.20. The number of hydrogen-bond donors (Lipinski definition) is 1. The summed E-state index contributed by atoms with van der Waals surface area (Å²) >= 11 is 0. The molecule has 0 aromatic carbocycles. The van der Waals surface area contributed by atoms with Gasteiger partial charge in [0, 0.05) is 18.5 Å². The van der Waals surface area contributed by atoms with Crippen LogP contribution in [0.5, 0.6) is 0 Å². The lowest BCUT2D eigenvalue weighted by molar-refractivity contribution is -0.386. The highest BCUT2D eigenvalue weighted by Gasteiger charge is 2.32. The zero-order valence-electron chi connectivity index (χ0n) is 13.8. The smallest absolute Gasteiger partial charge is 0.313 e. The average molecular weight is 296 g/mol. The third-order valence-electron chi connectivity index (χ3n) is 3.88. The van der Waals surface area contributed by atoms with E-state index in [-0.39, 0.29) is 22.6 Å². The van der Waals surface area contributed by atoms with E-state index in [1.165, 1.54) is 0 Å². The van der Waals surface area contributed by atoms with Gasteiger partial charge in [0.2, 0.25) is 0 Å². The summed E-state index contributed by atoms with van der Waals surface area (Å²) in [7, 11) is 0. The van der Waals surface area contributed by atoms with Crippen molar-refractivity contribution < 1.29 is 4.92 Å². The van der Waals surface area contributed by atoms with Crippen LogP contribution in [0.4, 0.5) is 5.69 Å². The molecule has 21 heavy (non-hydrogen) atoms. The Kier molecular flexibility index (Phi) is 6.81. The van der Waals surface area contributed by atoms with E-state index in [4.69, 9.17) is 0 Å². The minimum atomic E-state index is -0.285. The first-order chi connectivity index (χ1) is 9.97. The SMILES string of the molecule is CCCNC(CC)C(C)c1c([N+](=O)[O-])c(C)nn1CCC. The molecule has 0 aliphatic carbocycles. The molecule has 1 rings (SSSR count). The number of rotatable bonds is 9. The van der Waals surface area contributed by atoms with Gasteiger partial charge in [-0.15, -0.1) is 0 Å². The first-order valence-electron chi connectivity index (χ1n) is 7.92. The van der Waals surface area contributed by atoms with Crippen molar-refractivity contribution >= 4 is 5.69 Å². The van der Waals surface area contributed by atoms with Gasteiger partial charge < -0.3 is 5.32 Å². The van der Waals surface area contributed by atoms with Gasteiger partial charge in [-0.05, 0) is 32.7 Å². The maximum absolute atomic E-state index is 11.4. The molecule has 6 heteroatoms. The van der Waals surface area contributed by atoms with Crippen molar-refractivity contribution in [2.24, 2.45) is 0 Å². The summed E-state index contributed by atoms with van der Waals surface area (Å²) in [5, 5.41) is 19.3. The Hall–Kier alpha value is -1.43. The summed E-state index contributed by atoms with van der Waals surface area (Å²) in [4.78, 5) is 11.1. The van der Waals surface area contributed by atoms with Crippen LogP contribution in [-0.4, -0.2) is 27.3 Å². The first-order valence-corrected chi connectivity index (χ1v) is 7.92. The Bertz CT molecular complexity index is 470. The highest BCUT2D eigenvalue weighted by molar-refractivity contribution is 5.43. The van der Waals surface area contributed by atoms with Crippen LogP contribution in [-0.2, 0) is 6.54 Å². The number of hydrogen-bond acceptors (Lipinski definition) is 4. The molecule has 0 saturated heterocycles. The van der Waals surface area contributed by atoms with E-state index in [0.717, 1.165) is 38.0 Å². The van der Waals surface area contributed by atoms with Gasteiger partial charge in [-0.2, -0.15) is 5.10 Å². The van der Waals surface area contributed by atoms with Crippen LogP contribution in [0.3, 0.4) is 0 Å². The van der Waals surface area contributed by atoms with E-state index < -0.39 is 0 Å². The Morgan fingerprint density at radius 2 is 2.00 bits per heavy atom. The van der Waals surface area contributed by atoms with Crippen LogP contribution in [0, 0.1) is 17.0 Å². The zero-order chi connectivity index (χ0) is 16.0. The van der Waals surface area contributed by atoms with Crippen molar-refractivity contribution in [2.45, 2.75) is 72.4 Å². The third-order valence-corrected chi connectivity index (χ3v) is 3.88. The van der Waals surface area contributed by atoms with Gasteiger partial charge in [0.05, 0.1) is 4.92 Å². The zero-order valence-corrected chi connectivity index (χ0v) is 13.8. The summed E-state index contributed by atoms with van der Waals surface area (Å²) in [6.07, 6.45) is 2.91. The van der Waals surface area contributed by atoms with Crippen LogP contribution >= 0.6 is 0 Å². The number of aromatic nitrogens is 2. The maximum Gasteiger partial charge on any atom is 0.313 e. The molecule has 0 saturated carbocycles. The van der Waals surface area contributed by atoms with Gasteiger partial charge >= 0.3 is 5.69 Å². The van der Waals surface area contributed by atoms with Crippen LogP contribution in [0.15, 0.2) is 0 Å². The highest BCUT2D eigenvalue weighted by Crippen LogP contribution is 2.32. The lowest BCUT2D eigenvalue weighted by atomic mass is 9.94. The molecule has 2 atom stereocenters. The fourth-order valence-corrected chi connectivity index (χ4v) is 2.84. The van der Waals surface area contributed by atoms with Crippen molar-refractivity contribution in [3.05, 3.63) is 21.5 Å². The predicted molar refractivity (Wildman–Crippen MR) is 84.7 cm³/mol. The topological polar surface area (TPSA) is 73.0 Å². The Morgan fingerprint density at radius 3 is 2.48 bits per heavy atom. The van der Waals surface area contributed by atoms with Crippen LogP contribution in [0.2, 0.25) is 0 Å². The second-order valence-electron chi connectivity index (χ2n) is 5.56. The largest absolute Gasteiger partial charge is 0.313 e. The van der Waals surface area contributed by atoms with E-state index in [0.29, 0.717) is 5.69 Å². The molecule has 0 aliphatic rings. The van der Waals surface area contributed by atoms with Crippen LogP contribution < -0.4 is 5.32 Å². The van der Waals surface area contributed by atoms with Crippen LogP contribution in [0.25, 0.3) is 0 Å². The summed E-state index contributed by atoms with van der Waals surface area (Å²) in [5.41, 5.74) is 1.46. The third kappa shape index (κ3) is 4.03. The first kappa shape index (κ1) is 17.6. The van der Waals surface area contributed by atoms with Gasteiger partial charge in [-0.25, -0.2) is 0 Å². The molecule has 0 amide bonds. The molecule has 0 spiro atoms.